The highest BCUT2D eigenvalue weighted by Gasteiger charge is 2.15. The molecule has 0 saturated carbocycles. The molecule has 30 heavy (non-hydrogen) atoms. The standard InChI is InChI=1S/C23H27N5O2/c1-27-10-12-28(13-11-27)19-8-6-18(7-9-19)21-15-25-22(24)23(26-21)30-16-17-4-3-5-20(14-17)29-2/h3-9,14-15H,10-13,16H2,1-2H3,(H2,24,25). The number of benzene rings is 2. The molecular formula is C23H27N5O2. The Bertz CT molecular complexity index is 985. The Morgan fingerprint density at radius 3 is 2.53 bits per heavy atom. The number of hydrogen-bond acceptors (Lipinski definition) is 7. The van der Waals surface area contributed by atoms with Gasteiger partial charge in [-0.15, -0.1) is 0 Å². The first kappa shape index (κ1) is 20.0. The molecule has 0 unspecified atom stereocenters. The summed E-state index contributed by atoms with van der Waals surface area (Å²) < 4.78 is 11.1. The van der Waals surface area contributed by atoms with E-state index in [0.29, 0.717) is 12.5 Å². The number of nitrogens with two attached hydrogens (primary N) is 1. The second-order valence-corrected chi connectivity index (χ2v) is 7.42. The van der Waals surface area contributed by atoms with Crippen LogP contribution in [0.2, 0.25) is 0 Å². The summed E-state index contributed by atoms with van der Waals surface area (Å²) in [5, 5.41) is 0. The Labute approximate surface area is 177 Å². The fourth-order valence-corrected chi connectivity index (χ4v) is 3.45. The third kappa shape index (κ3) is 4.63. The molecule has 0 amide bonds. The Hall–Kier alpha value is -3.32. The molecule has 1 fully saturated rings. The maximum Gasteiger partial charge on any atom is 0.258 e. The van der Waals surface area contributed by atoms with Crippen molar-refractivity contribution in [1.82, 2.24) is 14.9 Å². The largest absolute Gasteiger partial charge is 0.497 e. The molecule has 0 spiro atoms. The van der Waals surface area contributed by atoms with E-state index in [9.17, 15) is 0 Å². The number of aromatic nitrogens is 2. The highest BCUT2D eigenvalue weighted by atomic mass is 16.5. The zero-order chi connectivity index (χ0) is 20.9. The van der Waals surface area contributed by atoms with Crippen LogP contribution in [-0.2, 0) is 6.61 Å². The molecule has 0 bridgehead atoms. The van der Waals surface area contributed by atoms with E-state index < -0.39 is 0 Å². The van der Waals surface area contributed by atoms with Gasteiger partial charge in [0.15, 0.2) is 5.82 Å². The fraction of sp³-hybridized carbons (Fsp3) is 0.304. The van der Waals surface area contributed by atoms with Crippen molar-refractivity contribution in [2.24, 2.45) is 0 Å². The van der Waals surface area contributed by atoms with Gasteiger partial charge in [-0.05, 0) is 36.9 Å². The lowest BCUT2D eigenvalue weighted by molar-refractivity contribution is 0.294. The molecule has 4 rings (SSSR count). The van der Waals surface area contributed by atoms with E-state index in [0.717, 1.165) is 48.7 Å². The number of nitrogens with zero attached hydrogens (tertiary/aromatic N) is 4. The van der Waals surface area contributed by atoms with Crippen molar-refractivity contribution in [2.75, 3.05) is 51.0 Å². The van der Waals surface area contributed by atoms with Crippen LogP contribution in [-0.4, -0.2) is 55.2 Å². The summed E-state index contributed by atoms with van der Waals surface area (Å²) in [5.41, 5.74) is 9.89. The summed E-state index contributed by atoms with van der Waals surface area (Å²) in [7, 11) is 3.80. The maximum atomic E-state index is 5.99. The Kier molecular flexibility index (Phi) is 5.99. The lowest BCUT2D eigenvalue weighted by Gasteiger charge is -2.34. The number of ether oxygens (including phenoxy) is 2. The average Bonchev–Trinajstić information content (AvgIpc) is 2.79. The van der Waals surface area contributed by atoms with E-state index in [-0.39, 0.29) is 5.82 Å². The molecule has 0 atom stereocenters. The van der Waals surface area contributed by atoms with Crippen LogP contribution in [0.25, 0.3) is 11.3 Å². The number of likely N-dealkylation sites (N-methyl/N-ethyl adjacent to an activating group) is 1. The monoisotopic (exact) mass is 405 g/mol. The van der Waals surface area contributed by atoms with Crippen molar-refractivity contribution in [2.45, 2.75) is 6.61 Å². The lowest BCUT2D eigenvalue weighted by Crippen LogP contribution is -2.44. The number of piperazine rings is 1. The smallest absolute Gasteiger partial charge is 0.258 e. The second-order valence-electron chi connectivity index (χ2n) is 7.42. The quantitative estimate of drug-likeness (QED) is 0.675. The predicted octanol–water partition coefficient (Wildman–Crippen LogP) is 3.07. The number of hydrogen-bond donors (Lipinski definition) is 1. The Morgan fingerprint density at radius 2 is 1.80 bits per heavy atom. The summed E-state index contributed by atoms with van der Waals surface area (Å²) in [6, 6.07) is 16.1. The molecule has 7 nitrogen and oxygen atoms in total. The van der Waals surface area contributed by atoms with Crippen LogP contribution in [0.4, 0.5) is 11.5 Å². The van der Waals surface area contributed by atoms with Crippen molar-refractivity contribution in [1.29, 1.82) is 0 Å². The average molecular weight is 406 g/mol. The summed E-state index contributed by atoms with van der Waals surface area (Å²) in [4.78, 5) is 13.6. The minimum absolute atomic E-state index is 0.274. The molecule has 1 aliphatic heterocycles. The van der Waals surface area contributed by atoms with Crippen molar-refractivity contribution in [3.63, 3.8) is 0 Å². The zero-order valence-corrected chi connectivity index (χ0v) is 17.4. The van der Waals surface area contributed by atoms with Gasteiger partial charge in [0.25, 0.3) is 5.88 Å². The summed E-state index contributed by atoms with van der Waals surface area (Å²) in [6.45, 7) is 4.58. The molecule has 2 heterocycles. The molecule has 7 heteroatoms. The predicted molar refractivity (Wildman–Crippen MR) is 119 cm³/mol. The van der Waals surface area contributed by atoms with Crippen molar-refractivity contribution in [3.05, 3.63) is 60.3 Å². The first-order chi connectivity index (χ1) is 14.6. The third-order valence-corrected chi connectivity index (χ3v) is 5.31. The highest BCUT2D eigenvalue weighted by molar-refractivity contribution is 5.64. The van der Waals surface area contributed by atoms with Gasteiger partial charge >= 0.3 is 0 Å². The molecular weight excluding hydrogens is 378 g/mol. The SMILES string of the molecule is COc1cccc(COc2nc(-c3ccc(N4CCN(C)CC4)cc3)cnc2N)c1. The van der Waals surface area contributed by atoms with E-state index in [4.69, 9.17) is 15.2 Å². The number of anilines is 2. The Balaban J connectivity index is 1.47. The molecule has 3 aromatic rings. The van der Waals surface area contributed by atoms with Gasteiger partial charge in [-0.25, -0.2) is 9.97 Å². The van der Waals surface area contributed by atoms with E-state index in [2.05, 4.69) is 51.1 Å². The molecule has 0 radical (unpaired) electrons. The van der Waals surface area contributed by atoms with E-state index in [1.165, 1.54) is 5.69 Å². The van der Waals surface area contributed by atoms with Crippen LogP contribution in [0, 0.1) is 0 Å². The topological polar surface area (TPSA) is 76.7 Å². The molecule has 1 saturated heterocycles. The third-order valence-electron chi connectivity index (χ3n) is 5.31. The normalized spacial score (nSPS) is 14.5. The molecule has 1 aromatic heterocycles. The number of nitrogen functional groups attached to an aromatic ring is 1. The van der Waals surface area contributed by atoms with Crippen molar-refractivity contribution >= 4 is 11.5 Å². The van der Waals surface area contributed by atoms with Gasteiger partial charge in [0.1, 0.15) is 12.4 Å². The summed E-state index contributed by atoms with van der Waals surface area (Å²) in [6.07, 6.45) is 1.68. The van der Waals surface area contributed by atoms with Gasteiger partial charge in [0.2, 0.25) is 0 Å². The van der Waals surface area contributed by atoms with E-state index >= 15 is 0 Å². The Morgan fingerprint density at radius 1 is 1.03 bits per heavy atom. The fourth-order valence-electron chi connectivity index (χ4n) is 3.45. The van der Waals surface area contributed by atoms with Gasteiger partial charge in [0.05, 0.1) is 19.0 Å². The van der Waals surface area contributed by atoms with Crippen LogP contribution in [0.5, 0.6) is 11.6 Å². The minimum atomic E-state index is 0.274. The van der Waals surface area contributed by atoms with E-state index in [1.807, 2.05) is 24.3 Å². The van der Waals surface area contributed by atoms with Crippen LogP contribution in [0.1, 0.15) is 5.56 Å². The van der Waals surface area contributed by atoms with Crippen molar-refractivity contribution in [3.8, 4) is 22.9 Å². The summed E-state index contributed by atoms with van der Waals surface area (Å²) >= 11 is 0. The first-order valence-corrected chi connectivity index (χ1v) is 10.0. The number of rotatable bonds is 6. The number of methoxy groups -OCH3 is 1. The second kappa shape index (κ2) is 9.00. The lowest BCUT2D eigenvalue weighted by atomic mass is 10.1. The summed E-state index contributed by atoms with van der Waals surface area (Å²) in [5.74, 6) is 1.39. The molecule has 2 aromatic carbocycles. The maximum absolute atomic E-state index is 5.99. The molecule has 156 valence electrons. The zero-order valence-electron chi connectivity index (χ0n) is 17.4. The van der Waals surface area contributed by atoms with Crippen LogP contribution < -0.4 is 20.1 Å². The van der Waals surface area contributed by atoms with Gasteiger partial charge in [-0.1, -0.05) is 24.3 Å². The molecule has 0 aliphatic carbocycles. The van der Waals surface area contributed by atoms with Gasteiger partial charge in [-0.3, -0.25) is 0 Å². The highest BCUT2D eigenvalue weighted by Crippen LogP contribution is 2.26. The van der Waals surface area contributed by atoms with Crippen LogP contribution in [0.15, 0.2) is 54.7 Å². The van der Waals surface area contributed by atoms with Crippen LogP contribution >= 0.6 is 0 Å². The van der Waals surface area contributed by atoms with Gasteiger partial charge in [0, 0.05) is 37.4 Å². The van der Waals surface area contributed by atoms with Crippen molar-refractivity contribution < 1.29 is 9.47 Å². The minimum Gasteiger partial charge on any atom is -0.497 e. The molecule has 1 aliphatic rings. The van der Waals surface area contributed by atoms with E-state index in [1.54, 1.807) is 13.3 Å². The molecule has 2 N–H and O–H groups in total. The van der Waals surface area contributed by atoms with Gasteiger partial charge in [-0.2, -0.15) is 0 Å². The first-order valence-electron chi connectivity index (χ1n) is 10.0. The van der Waals surface area contributed by atoms with Gasteiger partial charge < -0.3 is 25.0 Å². The van der Waals surface area contributed by atoms with Crippen LogP contribution in [0.3, 0.4) is 0 Å².